The largest absolute Gasteiger partial charge is 0.354 e. The summed E-state index contributed by atoms with van der Waals surface area (Å²) in [4.78, 5) is 28.8. The van der Waals surface area contributed by atoms with E-state index < -0.39 is 6.04 Å². The van der Waals surface area contributed by atoms with Gasteiger partial charge in [0.25, 0.3) is 0 Å². The van der Waals surface area contributed by atoms with Crippen LogP contribution in [0.4, 0.5) is 0 Å². The van der Waals surface area contributed by atoms with E-state index in [2.05, 4.69) is 12.2 Å². The molecular formula is C29H30Cl4N2O2S. The molecule has 0 aliphatic carbocycles. The summed E-state index contributed by atoms with van der Waals surface area (Å²) in [6.07, 6.45) is 2.16. The van der Waals surface area contributed by atoms with Crippen LogP contribution in [-0.2, 0) is 28.3 Å². The highest BCUT2D eigenvalue weighted by atomic mass is 35.5. The van der Waals surface area contributed by atoms with Crippen LogP contribution in [0.1, 0.15) is 36.5 Å². The lowest BCUT2D eigenvalue weighted by atomic mass is 10.0. The molecule has 0 bridgehead atoms. The van der Waals surface area contributed by atoms with E-state index in [1.54, 1.807) is 35.2 Å². The summed E-state index contributed by atoms with van der Waals surface area (Å²) in [5.41, 5.74) is 2.44. The first-order valence-electron chi connectivity index (χ1n) is 12.4. The van der Waals surface area contributed by atoms with Crippen LogP contribution in [0, 0.1) is 0 Å². The zero-order chi connectivity index (χ0) is 27.5. The Bertz CT molecular complexity index is 1210. The molecule has 3 rings (SSSR count). The van der Waals surface area contributed by atoms with Crippen molar-refractivity contribution in [3.05, 3.63) is 104 Å². The smallest absolute Gasteiger partial charge is 0.243 e. The Morgan fingerprint density at radius 2 is 1.63 bits per heavy atom. The van der Waals surface area contributed by atoms with E-state index in [-0.39, 0.29) is 24.1 Å². The molecule has 0 aliphatic heterocycles. The molecule has 0 saturated heterocycles. The predicted octanol–water partition coefficient (Wildman–Crippen LogP) is 8.09. The molecule has 9 heteroatoms. The lowest BCUT2D eigenvalue weighted by Gasteiger charge is -2.32. The Balaban J connectivity index is 1.88. The Morgan fingerprint density at radius 3 is 2.29 bits per heavy atom. The molecule has 3 aromatic rings. The molecule has 1 atom stereocenters. The number of amides is 2. The Kier molecular flexibility index (Phi) is 12.6. The highest BCUT2D eigenvalue weighted by Gasteiger charge is 2.31. The van der Waals surface area contributed by atoms with Crippen molar-refractivity contribution in [2.75, 3.05) is 12.3 Å². The molecule has 0 heterocycles. The summed E-state index contributed by atoms with van der Waals surface area (Å²) < 4.78 is 0. The minimum absolute atomic E-state index is 0.109. The van der Waals surface area contributed by atoms with Gasteiger partial charge in [-0.1, -0.05) is 102 Å². The number of unbranched alkanes of at least 4 members (excludes halogenated alkanes) is 1. The van der Waals surface area contributed by atoms with Crippen molar-refractivity contribution in [2.24, 2.45) is 0 Å². The first kappa shape index (κ1) is 30.6. The van der Waals surface area contributed by atoms with Gasteiger partial charge in [-0.15, -0.1) is 11.8 Å². The summed E-state index contributed by atoms with van der Waals surface area (Å²) in [7, 11) is 0. The highest BCUT2D eigenvalue weighted by molar-refractivity contribution is 7.99. The van der Waals surface area contributed by atoms with Crippen molar-refractivity contribution in [1.82, 2.24) is 10.2 Å². The van der Waals surface area contributed by atoms with Gasteiger partial charge in [0.2, 0.25) is 11.8 Å². The quantitative estimate of drug-likeness (QED) is 0.199. The maximum atomic E-state index is 13.8. The zero-order valence-corrected chi connectivity index (χ0v) is 24.9. The number of benzene rings is 3. The Labute approximate surface area is 249 Å². The van der Waals surface area contributed by atoms with Crippen LogP contribution in [0.25, 0.3) is 0 Å². The zero-order valence-electron chi connectivity index (χ0n) is 21.1. The number of carbonyl (C=O) groups excluding carboxylic acids is 2. The maximum Gasteiger partial charge on any atom is 0.243 e. The Hall–Kier alpha value is -1.89. The number of halogens is 4. The fourth-order valence-corrected chi connectivity index (χ4v) is 5.87. The van der Waals surface area contributed by atoms with E-state index in [4.69, 9.17) is 46.4 Å². The monoisotopic (exact) mass is 610 g/mol. The lowest BCUT2D eigenvalue weighted by Crippen LogP contribution is -2.51. The van der Waals surface area contributed by atoms with Crippen molar-refractivity contribution in [2.45, 2.75) is 44.5 Å². The predicted molar refractivity (Wildman–Crippen MR) is 161 cm³/mol. The first-order valence-corrected chi connectivity index (χ1v) is 15.0. The minimum Gasteiger partial charge on any atom is -0.354 e. The van der Waals surface area contributed by atoms with Gasteiger partial charge in [0, 0.05) is 50.9 Å². The number of nitrogens with zero attached hydrogens (tertiary/aromatic N) is 1. The molecular weight excluding hydrogens is 582 g/mol. The number of hydrogen-bond acceptors (Lipinski definition) is 3. The summed E-state index contributed by atoms with van der Waals surface area (Å²) in [5, 5.41) is 5.01. The van der Waals surface area contributed by atoms with E-state index in [9.17, 15) is 9.59 Å². The topological polar surface area (TPSA) is 49.4 Å². The molecule has 0 aromatic heterocycles. The van der Waals surface area contributed by atoms with E-state index in [0.29, 0.717) is 44.4 Å². The van der Waals surface area contributed by atoms with E-state index in [0.717, 1.165) is 24.0 Å². The standard InChI is InChI=1S/C29H30Cl4N2O2S/c1-2-3-14-34-29(37)27(15-20-8-5-4-6-9-20)35(17-23-24(31)10-7-11-25(23)32)28(36)19-38-18-21-12-13-22(30)16-26(21)33/h4-13,16,27H,2-3,14-15,17-19H2,1H3,(H,34,37)/t27-/m1/s1. The summed E-state index contributed by atoms with van der Waals surface area (Å²) in [6, 6.07) is 19.5. The molecule has 2 amide bonds. The van der Waals surface area contributed by atoms with Crippen molar-refractivity contribution in [1.29, 1.82) is 0 Å². The molecule has 0 fully saturated rings. The van der Waals surface area contributed by atoms with Crippen molar-refractivity contribution in [3.63, 3.8) is 0 Å². The molecule has 0 unspecified atom stereocenters. The van der Waals surface area contributed by atoms with Gasteiger partial charge in [0.15, 0.2) is 0 Å². The van der Waals surface area contributed by atoms with Crippen molar-refractivity contribution < 1.29 is 9.59 Å². The van der Waals surface area contributed by atoms with Crippen molar-refractivity contribution in [3.8, 4) is 0 Å². The maximum absolute atomic E-state index is 13.8. The average molecular weight is 612 g/mol. The number of rotatable bonds is 13. The summed E-state index contributed by atoms with van der Waals surface area (Å²) >= 11 is 26.7. The van der Waals surface area contributed by atoms with Crippen molar-refractivity contribution >= 4 is 70.0 Å². The van der Waals surface area contributed by atoms with Gasteiger partial charge in [-0.2, -0.15) is 0 Å². The van der Waals surface area contributed by atoms with Gasteiger partial charge in [0.05, 0.1) is 5.75 Å². The number of hydrogen-bond donors (Lipinski definition) is 1. The molecule has 0 saturated carbocycles. The third-order valence-corrected chi connectivity index (χ3v) is 8.25. The first-order chi connectivity index (χ1) is 18.3. The number of thioether (sulfide) groups is 1. The average Bonchev–Trinajstić information content (AvgIpc) is 2.89. The fourth-order valence-electron chi connectivity index (χ4n) is 3.88. The van der Waals surface area contributed by atoms with Crippen LogP contribution in [-0.4, -0.2) is 35.1 Å². The van der Waals surface area contributed by atoms with Gasteiger partial charge >= 0.3 is 0 Å². The highest BCUT2D eigenvalue weighted by Crippen LogP contribution is 2.29. The van der Waals surface area contributed by atoms with Crippen LogP contribution in [0.5, 0.6) is 0 Å². The third kappa shape index (κ3) is 9.10. The van der Waals surface area contributed by atoms with E-state index >= 15 is 0 Å². The summed E-state index contributed by atoms with van der Waals surface area (Å²) in [6.45, 7) is 2.71. The van der Waals surface area contributed by atoms with Gasteiger partial charge in [0.1, 0.15) is 6.04 Å². The number of nitrogens with one attached hydrogen (secondary N) is 1. The molecule has 0 spiro atoms. The van der Waals surface area contributed by atoms with Gasteiger partial charge in [-0.25, -0.2) is 0 Å². The third-order valence-electron chi connectivity index (χ3n) is 5.99. The lowest BCUT2D eigenvalue weighted by molar-refractivity contribution is -0.139. The van der Waals surface area contributed by atoms with Crippen LogP contribution in [0.3, 0.4) is 0 Å². The molecule has 1 N–H and O–H groups in total. The minimum atomic E-state index is -0.742. The van der Waals surface area contributed by atoms with Crippen LogP contribution >= 0.6 is 58.2 Å². The summed E-state index contributed by atoms with van der Waals surface area (Å²) in [5.74, 6) is 0.274. The van der Waals surface area contributed by atoms with Gasteiger partial charge in [-0.3, -0.25) is 9.59 Å². The van der Waals surface area contributed by atoms with Gasteiger partial charge < -0.3 is 10.2 Å². The second-order valence-electron chi connectivity index (χ2n) is 8.80. The molecule has 0 radical (unpaired) electrons. The van der Waals surface area contributed by atoms with Crippen LogP contribution in [0.15, 0.2) is 66.7 Å². The second kappa shape index (κ2) is 15.6. The molecule has 202 valence electrons. The Morgan fingerprint density at radius 1 is 0.921 bits per heavy atom. The van der Waals surface area contributed by atoms with Crippen LogP contribution < -0.4 is 5.32 Å². The number of carbonyl (C=O) groups is 2. The van der Waals surface area contributed by atoms with Crippen LogP contribution in [0.2, 0.25) is 20.1 Å². The normalized spacial score (nSPS) is 11.7. The molecule has 3 aromatic carbocycles. The second-order valence-corrected chi connectivity index (χ2v) is 11.4. The molecule has 0 aliphatic rings. The van der Waals surface area contributed by atoms with E-state index in [1.807, 2.05) is 36.4 Å². The van der Waals surface area contributed by atoms with E-state index in [1.165, 1.54) is 11.8 Å². The molecule has 4 nitrogen and oxygen atoms in total. The SMILES string of the molecule is CCCCNC(=O)[C@@H](Cc1ccccc1)N(Cc1c(Cl)cccc1Cl)C(=O)CSCc1ccc(Cl)cc1Cl. The molecule has 38 heavy (non-hydrogen) atoms. The van der Waals surface area contributed by atoms with Gasteiger partial charge in [-0.05, 0) is 41.8 Å². The fraction of sp³-hybridized carbons (Fsp3) is 0.310.